The molecule has 0 N–H and O–H groups in total. The molecular weight excluding hydrogens is 306 g/mol. The van der Waals surface area contributed by atoms with Gasteiger partial charge in [-0.3, -0.25) is 4.79 Å². The Labute approximate surface area is 135 Å². The summed E-state index contributed by atoms with van der Waals surface area (Å²) >= 11 is 5.97. The molecule has 0 aromatic carbocycles. The summed E-state index contributed by atoms with van der Waals surface area (Å²) in [6.45, 7) is 3.88. The third-order valence-corrected chi connectivity index (χ3v) is 4.62. The minimum Gasteiger partial charge on any atom is -0.423 e. The van der Waals surface area contributed by atoms with Crippen LogP contribution in [-0.2, 0) is 9.53 Å². The number of piperidine rings is 1. The van der Waals surface area contributed by atoms with Crippen molar-refractivity contribution in [1.82, 2.24) is 15.1 Å². The maximum absolute atomic E-state index is 12.3. The standard InChI is InChI=1S/C15H22ClN3O3/c1-10(16)15(20)19-7-3-2-4-12(19)14-18-17-13(22-14)11-5-8-21-9-6-11/h10-12H,2-9H2,1H3. The fraction of sp³-hybridized carbons (Fsp3) is 0.800. The van der Waals surface area contributed by atoms with Gasteiger partial charge in [-0.05, 0) is 39.0 Å². The molecule has 1 aromatic rings. The summed E-state index contributed by atoms with van der Waals surface area (Å²) < 4.78 is 11.3. The molecule has 0 saturated carbocycles. The van der Waals surface area contributed by atoms with Crippen LogP contribution >= 0.6 is 11.6 Å². The normalized spacial score (nSPS) is 25.2. The van der Waals surface area contributed by atoms with E-state index in [-0.39, 0.29) is 17.9 Å². The Kier molecular flexibility index (Phi) is 4.98. The van der Waals surface area contributed by atoms with Gasteiger partial charge in [-0.25, -0.2) is 0 Å². The molecule has 0 spiro atoms. The van der Waals surface area contributed by atoms with Crippen molar-refractivity contribution >= 4 is 17.5 Å². The molecule has 2 aliphatic heterocycles. The largest absolute Gasteiger partial charge is 0.423 e. The second-order valence-electron chi connectivity index (χ2n) is 6.02. The molecule has 1 amide bonds. The maximum Gasteiger partial charge on any atom is 0.241 e. The lowest BCUT2D eigenvalue weighted by molar-refractivity contribution is -0.135. The molecule has 2 fully saturated rings. The summed E-state index contributed by atoms with van der Waals surface area (Å²) in [7, 11) is 0. The van der Waals surface area contributed by atoms with Gasteiger partial charge in [0, 0.05) is 25.7 Å². The number of carbonyl (C=O) groups excluding carboxylic acids is 1. The Balaban J connectivity index is 1.76. The Morgan fingerprint density at radius 1 is 1.23 bits per heavy atom. The van der Waals surface area contributed by atoms with E-state index in [2.05, 4.69) is 10.2 Å². The molecule has 7 heteroatoms. The summed E-state index contributed by atoms with van der Waals surface area (Å²) in [5.41, 5.74) is 0. The van der Waals surface area contributed by atoms with Crippen LogP contribution in [0, 0.1) is 0 Å². The Bertz CT molecular complexity index is 514. The zero-order valence-corrected chi connectivity index (χ0v) is 13.6. The number of hydrogen-bond donors (Lipinski definition) is 0. The summed E-state index contributed by atoms with van der Waals surface area (Å²) in [4.78, 5) is 14.1. The first-order valence-corrected chi connectivity index (χ1v) is 8.46. The van der Waals surface area contributed by atoms with E-state index in [0.29, 0.717) is 18.3 Å². The topological polar surface area (TPSA) is 68.5 Å². The monoisotopic (exact) mass is 327 g/mol. The first-order chi connectivity index (χ1) is 10.7. The van der Waals surface area contributed by atoms with Crippen molar-refractivity contribution in [2.45, 2.75) is 56.4 Å². The maximum atomic E-state index is 12.3. The predicted molar refractivity (Wildman–Crippen MR) is 80.7 cm³/mol. The first-order valence-electron chi connectivity index (χ1n) is 8.02. The zero-order chi connectivity index (χ0) is 15.5. The van der Waals surface area contributed by atoms with E-state index in [1.165, 1.54) is 0 Å². The van der Waals surface area contributed by atoms with E-state index in [1.807, 2.05) is 0 Å². The quantitative estimate of drug-likeness (QED) is 0.798. The lowest BCUT2D eigenvalue weighted by Gasteiger charge is -2.34. The molecule has 2 saturated heterocycles. The lowest BCUT2D eigenvalue weighted by Crippen LogP contribution is -2.41. The number of rotatable bonds is 3. The summed E-state index contributed by atoms with van der Waals surface area (Å²) in [6.07, 6.45) is 4.72. The Hall–Kier alpha value is -1.14. The third-order valence-electron chi connectivity index (χ3n) is 4.44. The number of carbonyl (C=O) groups is 1. The molecule has 0 radical (unpaired) electrons. The molecule has 1 aromatic heterocycles. The van der Waals surface area contributed by atoms with Gasteiger partial charge in [-0.2, -0.15) is 0 Å². The zero-order valence-electron chi connectivity index (χ0n) is 12.8. The van der Waals surface area contributed by atoms with Crippen LogP contribution in [-0.4, -0.2) is 46.1 Å². The van der Waals surface area contributed by atoms with Gasteiger partial charge in [-0.1, -0.05) is 0 Å². The highest BCUT2D eigenvalue weighted by Crippen LogP contribution is 2.33. The molecule has 2 unspecified atom stereocenters. The van der Waals surface area contributed by atoms with Crippen LogP contribution in [0.1, 0.15) is 62.8 Å². The van der Waals surface area contributed by atoms with Crippen molar-refractivity contribution < 1.29 is 13.9 Å². The fourth-order valence-electron chi connectivity index (χ4n) is 3.17. The smallest absolute Gasteiger partial charge is 0.241 e. The lowest BCUT2D eigenvalue weighted by atomic mass is 10.0. The molecule has 2 atom stereocenters. The van der Waals surface area contributed by atoms with Gasteiger partial charge < -0.3 is 14.1 Å². The minimum absolute atomic E-state index is 0.0582. The van der Waals surface area contributed by atoms with Gasteiger partial charge >= 0.3 is 0 Å². The Morgan fingerprint density at radius 3 is 2.68 bits per heavy atom. The predicted octanol–water partition coefficient (Wildman–Crippen LogP) is 2.64. The van der Waals surface area contributed by atoms with E-state index in [1.54, 1.807) is 11.8 Å². The number of hydrogen-bond acceptors (Lipinski definition) is 5. The number of ether oxygens (including phenoxy) is 1. The molecule has 3 heterocycles. The summed E-state index contributed by atoms with van der Waals surface area (Å²) in [5, 5.41) is 7.89. The van der Waals surface area contributed by atoms with Gasteiger partial charge in [0.1, 0.15) is 11.4 Å². The SMILES string of the molecule is CC(Cl)C(=O)N1CCCCC1c1nnc(C2CCOCC2)o1. The van der Waals surface area contributed by atoms with Crippen LogP contribution in [0.15, 0.2) is 4.42 Å². The second-order valence-corrected chi connectivity index (χ2v) is 6.68. The van der Waals surface area contributed by atoms with Crippen LogP contribution in [0.25, 0.3) is 0 Å². The van der Waals surface area contributed by atoms with E-state index in [0.717, 1.165) is 45.3 Å². The number of halogens is 1. The molecule has 2 aliphatic rings. The highest BCUT2D eigenvalue weighted by Gasteiger charge is 2.34. The van der Waals surface area contributed by atoms with Crippen LogP contribution in [0.3, 0.4) is 0 Å². The highest BCUT2D eigenvalue weighted by atomic mass is 35.5. The van der Waals surface area contributed by atoms with E-state index in [4.69, 9.17) is 20.8 Å². The number of amides is 1. The number of nitrogens with zero attached hydrogens (tertiary/aromatic N) is 3. The van der Waals surface area contributed by atoms with Crippen molar-refractivity contribution in [3.05, 3.63) is 11.8 Å². The fourth-order valence-corrected chi connectivity index (χ4v) is 3.30. The number of aromatic nitrogens is 2. The highest BCUT2D eigenvalue weighted by molar-refractivity contribution is 6.30. The van der Waals surface area contributed by atoms with Gasteiger partial charge in [0.05, 0.1) is 0 Å². The van der Waals surface area contributed by atoms with Crippen molar-refractivity contribution in [3.63, 3.8) is 0 Å². The van der Waals surface area contributed by atoms with Gasteiger partial charge in [0.25, 0.3) is 0 Å². The van der Waals surface area contributed by atoms with Crippen LogP contribution in [0.5, 0.6) is 0 Å². The first kappa shape index (κ1) is 15.7. The van der Waals surface area contributed by atoms with E-state index < -0.39 is 5.38 Å². The van der Waals surface area contributed by atoms with Crippen molar-refractivity contribution in [2.75, 3.05) is 19.8 Å². The van der Waals surface area contributed by atoms with Crippen molar-refractivity contribution in [1.29, 1.82) is 0 Å². The molecule has 0 aliphatic carbocycles. The van der Waals surface area contributed by atoms with E-state index in [9.17, 15) is 4.79 Å². The number of likely N-dealkylation sites (tertiary alicyclic amines) is 1. The third kappa shape index (κ3) is 3.27. The molecule has 3 rings (SSSR count). The summed E-state index contributed by atoms with van der Waals surface area (Å²) in [5.74, 6) is 1.44. The second kappa shape index (κ2) is 6.96. The number of alkyl halides is 1. The van der Waals surface area contributed by atoms with Gasteiger partial charge in [0.2, 0.25) is 17.7 Å². The van der Waals surface area contributed by atoms with Crippen LogP contribution in [0.2, 0.25) is 0 Å². The molecule has 0 bridgehead atoms. The van der Waals surface area contributed by atoms with E-state index >= 15 is 0 Å². The molecule has 6 nitrogen and oxygen atoms in total. The van der Waals surface area contributed by atoms with Gasteiger partial charge in [-0.15, -0.1) is 21.8 Å². The molecule has 122 valence electrons. The minimum atomic E-state index is -0.529. The Morgan fingerprint density at radius 2 is 1.95 bits per heavy atom. The van der Waals surface area contributed by atoms with Gasteiger partial charge in [0.15, 0.2) is 0 Å². The molecular formula is C15H22ClN3O3. The average Bonchev–Trinajstić information content (AvgIpc) is 3.05. The molecule has 22 heavy (non-hydrogen) atoms. The van der Waals surface area contributed by atoms with Crippen molar-refractivity contribution in [2.24, 2.45) is 0 Å². The average molecular weight is 328 g/mol. The van der Waals surface area contributed by atoms with Crippen LogP contribution in [0.4, 0.5) is 0 Å². The summed E-state index contributed by atoms with van der Waals surface area (Å²) in [6, 6.07) is -0.136. The van der Waals surface area contributed by atoms with Crippen LogP contribution < -0.4 is 0 Å². The van der Waals surface area contributed by atoms with Crippen molar-refractivity contribution in [3.8, 4) is 0 Å².